The van der Waals surface area contributed by atoms with Crippen LogP contribution in [0.3, 0.4) is 0 Å². The maximum Gasteiger partial charge on any atom is 0.188 e. The molecule has 0 saturated carbocycles. The highest BCUT2D eigenvalue weighted by atomic mass is 19.1. The molecule has 3 nitrogen and oxygen atoms in total. The van der Waals surface area contributed by atoms with Crippen LogP contribution in [-0.4, -0.2) is 23.4 Å². The lowest BCUT2D eigenvalue weighted by Gasteiger charge is -2.07. The number of rotatable bonds is 12. The van der Waals surface area contributed by atoms with E-state index >= 15 is 0 Å². The summed E-state index contributed by atoms with van der Waals surface area (Å²) in [7, 11) is 0. The first-order valence-corrected chi connectivity index (χ1v) is 8.07. The summed E-state index contributed by atoms with van der Waals surface area (Å²) in [4.78, 5) is 0. The molecule has 0 unspecified atom stereocenters. The molecule has 0 aliphatic carbocycles. The van der Waals surface area contributed by atoms with Crippen molar-refractivity contribution in [2.24, 2.45) is 0 Å². The third-order valence-electron chi connectivity index (χ3n) is 3.56. The van der Waals surface area contributed by atoms with Crippen LogP contribution >= 0.6 is 0 Å². The Bertz CT molecular complexity index is 401. The third-order valence-corrected chi connectivity index (χ3v) is 3.56. The fraction of sp³-hybridized carbons (Fsp3) is 0.647. The molecule has 0 aromatic heterocycles. The number of phenols is 1. The molecular weight excluding hydrogens is 290 g/mol. The highest BCUT2D eigenvalue weighted by molar-refractivity contribution is 5.33. The number of ether oxygens (including phenoxy) is 1. The molecule has 1 aromatic rings. The van der Waals surface area contributed by atoms with Gasteiger partial charge in [0.25, 0.3) is 0 Å². The predicted molar refractivity (Wildman–Crippen MR) is 82.2 cm³/mol. The summed E-state index contributed by atoms with van der Waals surface area (Å²) < 4.78 is 31.4. The number of hydrogen-bond donors (Lipinski definition) is 2. The molecule has 5 heteroatoms. The second-order valence-electron chi connectivity index (χ2n) is 5.49. The van der Waals surface area contributed by atoms with Crippen LogP contribution in [0.4, 0.5) is 8.78 Å². The zero-order valence-corrected chi connectivity index (χ0v) is 13.0. The van der Waals surface area contributed by atoms with Crippen LogP contribution in [0, 0.1) is 11.6 Å². The van der Waals surface area contributed by atoms with Gasteiger partial charge in [0.2, 0.25) is 0 Å². The zero-order valence-electron chi connectivity index (χ0n) is 13.0. The van der Waals surface area contributed by atoms with E-state index < -0.39 is 17.4 Å². The molecule has 1 rings (SSSR count). The summed E-state index contributed by atoms with van der Waals surface area (Å²) in [5.41, 5.74) is 0. The van der Waals surface area contributed by atoms with Gasteiger partial charge in [0.05, 0.1) is 6.61 Å². The molecule has 0 bridgehead atoms. The van der Waals surface area contributed by atoms with E-state index in [1.165, 1.54) is 25.7 Å². The van der Waals surface area contributed by atoms with Crippen LogP contribution in [0.15, 0.2) is 12.1 Å². The molecule has 0 aliphatic rings. The van der Waals surface area contributed by atoms with Crippen molar-refractivity contribution in [3.63, 3.8) is 0 Å². The fourth-order valence-corrected chi connectivity index (χ4v) is 2.27. The largest absolute Gasteiger partial charge is 0.503 e. The summed E-state index contributed by atoms with van der Waals surface area (Å²) in [6.45, 7) is 0.703. The van der Waals surface area contributed by atoms with Gasteiger partial charge in [-0.25, -0.2) is 8.78 Å². The summed E-state index contributed by atoms with van der Waals surface area (Å²) in [5.74, 6) is -2.87. The first kappa shape index (κ1) is 18.7. The van der Waals surface area contributed by atoms with E-state index in [4.69, 9.17) is 14.9 Å². The van der Waals surface area contributed by atoms with Crippen molar-refractivity contribution in [3.05, 3.63) is 23.8 Å². The van der Waals surface area contributed by atoms with Crippen LogP contribution < -0.4 is 4.74 Å². The van der Waals surface area contributed by atoms with Gasteiger partial charge < -0.3 is 14.9 Å². The van der Waals surface area contributed by atoms with Crippen LogP contribution in [-0.2, 0) is 0 Å². The Morgan fingerprint density at radius 1 is 0.773 bits per heavy atom. The smallest absolute Gasteiger partial charge is 0.188 e. The number of aromatic hydroxyl groups is 1. The van der Waals surface area contributed by atoms with Gasteiger partial charge >= 0.3 is 0 Å². The Labute approximate surface area is 130 Å². The van der Waals surface area contributed by atoms with Gasteiger partial charge in [0, 0.05) is 18.7 Å². The van der Waals surface area contributed by atoms with Crippen LogP contribution in [0.25, 0.3) is 0 Å². The lowest BCUT2D eigenvalue weighted by molar-refractivity contribution is 0.282. The van der Waals surface area contributed by atoms with Gasteiger partial charge in [-0.1, -0.05) is 44.9 Å². The van der Waals surface area contributed by atoms with E-state index in [1.54, 1.807) is 0 Å². The quantitative estimate of drug-likeness (QED) is 0.556. The van der Waals surface area contributed by atoms with Gasteiger partial charge in [0.15, 0.2) is 17.4 Å². The SMILES string of the molecule is OCCCCCCCCCCCOc1cc(F)c(O)c(F)c1. The van der Waals surface area contributed by atoms with E-state index in [2.05, 4.69) is 0 Å². The summed E-state index contributed by atoms with van der Waals surface area (Å²) in [6.07, 6.45) is 9.78. The molecule has 126 valence electrons. The zero-order chi connectivity index (χ0) is 16.2. The molecule has 0 atom stereocenters. The highest BCUT2D eigenvalue weighted by Crippen LogP contribution is 2.25. The van der Waals surface area contributed by atoms with Crippen molar-refractivity contribution in [2.45, 2.75) is 57.8 Å². The molecule has 0 spiro atoms. The minimum absolute atomic E-state index is 0.108. The van der Waals surface area contributed by atoms with E-state index in [0.29, 0.717) is 6.61 Å². The van der Waals surface area contributed by atoms with Crippen molar-refractivity contribution in [3.8, 4) is 11.5 Å². The first-order chi connectivity index (χ1) is 10.6. The number of aliphatic hydroxyl groups is 1. The molecule has 2 N–H and O–H groups in total. The second-order valence-corrected chi connectivity index (χ2v) is 5.49. The standard InChI is InChI=1S/C17H26F2O3/c18-15-12-14(13-16(19)17(15)21)22-11-9-7-5-3-1-2-4-6-8-10-20/h12-13,20-21H,1-11H2. The molecule has 0 heterocycles. The molecule has 0 amide bonds. The topological polar surface area (TPSA) is 49.7 Å². The minimum atomic E-state index is -1.00. The van der Waals surface area contributed by atoms with Gasteiger partial charge in [0.1, 0.15) is 5.75 Å². The van der Waals surface area contributed by atoms with Crippen LogP contribution in [0.5, 0.6) is 11.5 Å². The molecule has 22 heavy (non-hydrogen) atoms. The Hall–Kier alpha value is -1.36. The predicted octanol–water partition coefficient (Wildman–Crippen LogP) is 4.55. The van der Waals surface area contributed by atoms with Gasteiger partial charge in [-0.15, -0.1) is 0 Å². The lowest BCUT2D eigenvalue weighted by atomic mass is 10.1. The molecule has 0 saturated heterocycles. The Kier molecular flexibility index (Phi) is 9.55. The summed E-state index contributed by atoms with van der Waals surface area (Å²) in [5, 5.41) is 17.6. The Balaban J connectivity index is 2.00. The maximum absolute atomic E-state index is 13.1. The van der Waals surface area contributed by atoms with Crippen LogP contribution in [0.1, 0.15) is 57.8 Å². The van der Waals surface area contributed by atoms with E-state index in [9.17, 15) is 8.78 Å². The van der Waals surface area contributed by atoms with E-state index in [0.717, 1.165) is 44.2 Å². The average molecular weight is 316 g/mol. The van der Waals surface area contributed by atoms with Crippen LogP contribution in [0.2, 0.25) is 0 Å². The van der Waals surface area contributed by atoms with E-state index in [-0.39, 0.29) is 12.4 Å². The summed E-state index contributed by atoms with van der Waals surface area (Å²) >= 11 is 0. The van der Waals surface area contributed by atoms with Crippen molar-refractivity contribution in [1.29, 1.82) is 0 Å². The van der Waals surface area contributed by atoms with Crippen molar-refractivity contribution >= 4 is 0 Å². The molecule has 0 fully saturated rings. The third kappa shape index (κ3) is 7.59. The number of halogens is 2. The molecule has 0 aliphatic heterocycles. The number of phenolic OH excluding ortho intramolecular Hbond substituents is 1. The van der Waals surface area contributed by atoms with Gasteiger partial charge in [-0.2, -0.15) is 0 Å². The first-order valence-electron chi connectivity index (χ1n) is 8.07. The minimum Gasteiger partial charge on any atom is -0.503 e. The van der Waals surface area contributed by atoms with Crippen molar-refractivity contribution < 1.29 is 23.7 Å². The average Bonchev–Trinajstić information content (AvgIpc) is 2.50. The molecule has 0 radical (unpaired) electrons. The Morgan fingerprint density at radius 3 is 1.73 bits per heavy atom. The lowest BCUT2D eigenvalue weighted by Crippen LogP contribution is -1.98. The molecular formula is C17H26F2O3. The fourth-order valence-electron chi connectivity index (χ4n) is 2.27. The number of unbranched alkanes of at least 4 members (excludes halogenated alkanes) is 8. The maximum atomic E-state index is 13.1. The molecule has 1 aromatic carbocycles. The summed E-state index contributed by atoms with van der Waals surface area (Å²) in [6, 6.07) is 1.98. The van der Waals surface area contributed by atoms with E-state index in [1.807, 2.05) is 0 Å². The van der Waals surface area contributed by atoms with Gasteiger partial charge in [-0.05, 0) is 12.8 Å². The van der Waals surface area contributed by atoms with Crippen molar-refractivity contribution in [2.75, 3.05) is 13.2 Å². The monoisotopic (exact) mass is 316 g/mol. The highest BCUT2D eigenvalue weighted by Gasteiger charge is 2.09. The number of hydrogen-bond acceptors (Lipinski definition) is 3. The number of benzene rings is 1. The van der Waals surface area contributed by atoms with Gasteiger partial charge in [-0.3, -0.25) is 0 Å². The number of aliphatic hydroxyl groups excluding tert-OH is 1. The Morgan fingerprint density at radius 2 is 1.23 bits per heavy atom. The second kappa shape index (κ2) is 11.2. The normalized spacial score (nSPS) is 10.9. The van der Waals surface area contributed by atoms with Crippen molar-refractivity contribution in [1.82, 2.24) is 0 Å².